The summed E-state index contributed by atoms with van der Waals surface area (Å²) in [7, 11) is 1.59. The van der Waals surface area contributed by atoms with E-state index in [0.29, 0.717) is 28.1 Å². The standard InChI is InChI=1S/C18H16N4O5S/c1-25-11-3-4-12-13(7-11)21-18(20-12)28-8-16(23)22-17(24)19-10-2-5-14-15(6-10)27-9-26-14/h2-7H,8-9H2,1H3,(H,20,21)(H2,19,22,23,24). The van der Waals surface area contributed by atoms with Gasteiger partial charge in [0, 0.05) is 17.8 Å². The summed E-state index contributed by atoms with van der Waals surface area (Å²) >= 11 is 1.20. The molecule has 4 rings (SSSR count). The van der Waals surface area contributed by atoms with Crippen LogP contribution in [0.1, 0.15) is 0 Å². The van der Waals surface area contributed by atoms with Gasteiger partial charge in [0.1, 0.15) is 5.75 Å². The maximum atomic E-state index is 12.0. The third-order valence-corrected chi connectivity index (χ3v) is 4.76. The molecule has 2 heterocycles. The minimum Gasteiger partial charge on any atom is -0.497 e. The molecule has 1 aliphatic heterocycles. The van der Waals surface area contributed by atoms with Gasteiger partial charge < -0.3 is 24.5 Å². The molecule has 3 N–H and O–H groups in total. The van der Waals surface area contributed by atoms with Crippen LogP contribution >= 0.6 is 11.8 Å². The zero-order chi connectivity index (χ0) is 19.5. The lowest BCUT2D eigenvalue weighted by molar-refractivity contribution is -0.117. The zero-order valence-corrected chi connectivity index (χ0v) is 15.6. The average molecular weight is 400 g/mol. The molecule has 0 saturated carbocycles. The van der Waals surface area contributed by atoms with Gasteiger partial charge in [0.2, 0.25) is 12.7 Å². The van der Waals surface area contributed by atoms with Crippen molar-refractivity contribution in [3.63, 3.8) is 0 Å². The van der Waals surface area contributed by atoms with Crippen LogP contribution in [0.2, 0.25) is 0 Å². The largest absolute Gasteiger partial charge is 0.497 e. The Hall–Kier alpha value is -3.40. The number of nitrogens with zero attached hydrogens (tertiary/aromatic N) is 1. The van der Waals surface area contributed by atoms with Crippen LogP contribution in [0.5, 0.6) is 17.2 Å². The average Bonchev–Trinajstić information content (AvgIpc) is 3.31. The Kier molecular flexibility index (Phi) is 4.94. The fraction of sp³-hybridized carbons (Fsp3) is 0.167. The predicted octanol–water partition coefficient (Wildman–Crippen LogP) is 2.74. The van der Waals surface area contributed by atoms with E-state index in [1.807, 2.05) is 18.2 Å². The van der Waals surface area contributed by atoms with Crippen molar-refractivity contribution in [3.8, 4) is 17.2 Å². The van der Waals surface area contributed by atoms with Gasteiger partial charge in [-0.1, -0.05) is 11.8 Å². The number of benzene rings is 2. The zero-order valence-electron chi connectivity index (χ0n) is 14.8. The highest BCUT2D eigenvalue weighted by Gasteiger charge is 2.15. The molecule has 0 aliphatic carbocycles. The molecule has 0 atom stereocenters. The number of imidazole rings is 1. The molecule has 1 aromatic heterocycles. The molecule has 28 heavy (non-hydrogen) atoms. The van der Waals surface area contributed by atoms with Crippen molar-refractivity contribution >= 4 is 40.4 Å². The van der Waals surface area contributed by atoms with E-state index >= 15 is 0 Å². The van der Waals surface area contributed by atoms with Crippen LogP contribution in [0, 0.1) is 0 Å². The summed E-state index contributed by atoms with van der Waals surface area (Å²) in [5.41, 5.74) is 2.07. The van der Waals surface area contributed by atoms with E-state index < -0.39 is 11.9 Å². The lowest BCUT2D eigenvalue weighted by atomic mass is 10.3. The van der Waals surface area contributed by atoms with Crippen molar-refractivity contribution in [2.24, 2.45) is 0 Å². The number of fused-ring (bicyclic) bond motifs is 2. The number of anilines is 1. The number of rotatable bonds is 5. The van der Waals surface area contributed by atoms with E-state index in [0.717, 1.165) is 11.0 Å². The van der Waals surface area contributed by atoms with Crippen LogP contribution in [-0.2, 0) is 4.79 Å². The molecule has 0 radical (unpaired) electrons. The minimum absolute atomic E-state index is 0.0332. The highest BCUT2D eigenvalue weighted by atomic mass is 32.2. The second-order valence-electron chi connectivity index (χ2n) is 5.78. The predicted molar refractivity (Wildman–Crippen MR) is 103 cm³/mol. The van der Waals surface area contributed by atoms with Crippen LogP contribution in [-0.4, -0.2) is 41.6 Å². The number of ether oxygens (including phenoxy) is 3. The number of hydrogen-bond acceptors (Lipinski definition) is 7. The van der Waals surface area contributed by atoms with Crippen LogP contribution in [0.15, 0.2) is 41.6 Å². The number of urea groups is 1. The van der Waals surface area contributed by atoms with Gasteiger partial charge in [-0.15, -0.1) is 0 Å². The Morgan fingerprint density at radius 3 is 2.93 bits per heavy atom. The molecule has 3 aromatic rings. The molecule has 9 nitrogen and oxygen atoms in total. The molecular weight excluding hydrogens is 384 g/mol. The Bertz CT molecular complexity index is 1050. The number of imide groups is 1. The van der Waals surface area contributed by atoms with Gasteiger partial charge in [-0.05, 0) is 24.3 Å². The topological polar surface area (TPSA) is 115 Å². The van der Waals surface area contributed by atoms with Gasteiger partial charge >= 0.3 is 6.03 Å². The van der Waals surface area contributed by atoms with Crippen molar-refractivity contribution in [1.29, 1.82) is 0 Å². The van der Waals surface area contributed by atoms with E-state index in [4.69, 9.17) is 14.2 Å². The normalized spacial score (nSPS) is 12.0. The molecule has 0 bridgehead atoms. The van der Waals surface area contributed by atoms with E-state index in [1.54, 1.807) is 25.3 Å². The molecule has 0 unspecified atom stereocenters. The van der Waals surface area contributed by atoms with Gasteiger partial charge in [-0.25, -0.2) is 9.78 Å². The second-order valence-corrected chi connectivity index (χ2v) is 6.75. The molecule has 0 saturated heterocycles. The van der Waals surface area contributed by atoms with E-state index in [9.17, 15) is 9.59 Å². The number of H-pyrrole nitrogens is 1. The number of carbonyl (C=O) groups is 2. The number of thioether (sulfide) groups is 1. The number of carbonyl (C=O) groups excluding carboxylic acids is 2. The number of aromatic amines is 1. The molecule has 0 spiro atoms. The van der Waals surface area contributed by atoms with Gasteiger partial charge in [-0.2, -0.15) is 0 Å². The summed E-state index contributed by atoms with van der Waals surface area (Å²) in [4.78, 5) is 31.5. The number of aromatic nitrogens is 2. The van der Waals surface area contributed by atoms with Crippen molar-refractivity contribution in [3.05, 3.63) is 36.4 Å². The van der Waals surface area contributed by atoms with Crippen LogP contribution in [0.3, 0.4) is 0 Å². The van der Waals surface area contributed by atoms with Gasteiger partial charge in [0.15, 0.2) is 16.7 Å². The highest BCUT2D eigenvalue weighted by Crippen LogP contribution is 2.34. The van der Waals surface area contributed by atoms with Crippen molar-refractivity contribution in [2.45, 2.75) is 5.16 Å². The second kappa shape index (κ2) is 7.69. The first-order valence-electron chi connectivity index (χ1n) is 8.28. The summed E-state index contributed by atoms with van der Waals surface area (Å²) < 4.78 is 15.6. The Balaban J connectivity index is 1.30. The lowest BCUT2D eigenvalue weighted by Crippen LogP contribution is -2.35. The molecule has 0 fully saturated rings. The summed E-state index contributed by atoms with van der Waals surface area (Å²) in [5.74, 6) is 1.46. The third kappa shape index (κ3) is 3.96. The summed E-state index contributed by atoms with van der Waals surface area (Å²) in [6.07, 6.45) is 0. The molecular formula is C18H16N4O5S. The van der Waals surface area contributed by atoms with Crippen molar-refractivity contribution in [2.75, 3.05) is 25.0 Å². The van der Waals surface area contributed by atoms with Gasteiger partial charge in [0.25, 0.3) is 0 Å². The van der Waals surface area contributed by atoms with E-state index in [1.165, 1.54) is 11.8 Å². The fourth-order valence-corrected chi connectivity index (χ4v) is 3.28. The monoisotopic (exact) mass is 400 g/mol. The molecule has 144 valence electrons. The van der Waals surface area contributed by atoms with Crippen LogP contribution in [0.25, 0.3) is 11.0 Å². The quantitative estimate of drug-likeness (QED) is 0.564. The SMILES string of the molecule is COc1ccc2nc(SCC(=O)NC(=O)Nc3ccc4c(c3)OCO4)[nH]c2c1. The Morgan fingerprint density at radius 2 is 2.07 bits per heavy atom. The van der Waals surface area contributed by atoms with E-state index in [-0.39, 0.29) is 12.5 Å². The highest BCUT2D eigenvalue weighted by molar-refractivity contribution is 7.99. The minimum atomic E-state index is -0.626. The first-order valence-corrected chi connectivity index (χ1v) is 9.26. The summed E-state index contributed by atoms with van der Waals surface area (Å²) in [6, 6.07) is 9.81. The maximum absolute atomic E-state index is 12.0. The number of nitrogens with one attached hydrogen (secondary N) is 3. The number of methoxy groups -OCH3 is 1. The molecule has 10 heteroatoms. The van der Waals surface area contributed by atoms with Crippen molar-refractivity contribution < 1.29 is 23.8 Å². The van der Waals surface area contributed by atoms with Crippen LogP contribution < -0.4 is 24.8 Å². The van der Waals surface area contributed by atoms with Crippen molar-refractivity contribution in [1.82, 2.24) is 15.3 Å². The maximum Gasteiger partial charge on any atom is 0.325 e. The Morgan fingerprint density at radius 1 is 1.21 bits per heavy atom. The molecule has 2 aromatic carbocycles. The third-order valence-electron chi connectivity index (χ3n) is 3.89. The Labute approximate surface area is 163 Å². The first-order chi connectivity index (χ1) is 13.6. The van der Waals surface area contributed by atoms with E-state index in [2.05, 4.69) is 20.6 Å². The van der Waals surface area contributed by atoms with Gasteiger partial charge in [-0.3, -0.25) is 10.1 Å². The fourth-order valence-electron chi connectivity index (χ4n) is 2.59. The summed E-state index contributed by atoms with van der Waals surface area (Å²) in [6.45, 7) is 0.148. The van der Waals surface area contributed by atoms with Gasteiger partial charge in [0.05, 0.1) is 23.9 Å². The van der Waals surface area contributed by atoms with Crippen LogP contribution in [0.4, 0.5) is 10.5 Å². The summed E-state index contributed by atoms with van der Waals surface area (Å²) in [5, 5.41) is 5.44. The first kappa shape index (κ1) is 18.0. The molecule has 1 aliphatic rings. The number of hydrogen-bond donors (Lipinski definition) is 3. The smallest absolute Gasteiger partial charge is 0.325 e. The molecule has 3 amide bonds. The lowest BCUT2D eigenvalue weighted by Gasteiger charge is -2.07. The number of amides is 3.